The summed E-state index contributed by atoms with van der Waals surface area (Å²) in [5, 5.41) is 10.4. The van der Waals surface area contributed by atoms with Crippen molar-refractivity contribution < 1.29 is 9.66 Å². The first kappa shape index (κ1) is 9.26. The molecule has 0 saturated carbocycles. The van der Waals surface area contributed by atoms with Crippen LogP contribution in [0.1, 0.15) is 0 Å². The smallest absolute Gasteiger partial charge is 0.269 e. The molecule has 5 nitrogen and oxygen atoms in total. The van der Waals surface area contributed by atoms with Crippen LogP contribution < -0.4 is 4.74 Å². The predicted octanol–water partition coefficient (Wildman–Crippen LogP) is 2.72. The minimum absolute atomic E-state index is 0.0522. The number of rotatable bonds is 3. The van der Waals surface area contributed by atoms with Gasteiger partial charge in [0.15, 0.2) is 0 Å². The summed E-state index contributed by atoms with van der Waals surface area (Å²) in [6.45, 7) is 0. The van der Waals surface area contributed by atoms with Gasteiger partial charge in [-0.1, -0.05) is 0 Å². The number of aromatic amines is 1. The number of hydrogen-bond acceptors (Lipinski definition) is 3. The first-order valence-electron chi connectivity index (χ1n) is 4.31. The van der Waals surface area contributed by atoms with Gasteiger partial charge >= 0.3 is 0 Å². The van der Waals surface area contributed by atoms with Crippen molar-refractivity contribution in [3.8, 4) is 11.5 Å². The molecule has 76 valence electrons. The van der Waals surface area contributed by atoms with Crippen LogP contribution in [0.2, 0.25) is 0 Å². The van der Waals surface area contributed by atoms with E-state index in [1.54, 1.807) is 30.6 Å². The van der Waals surface area contributed by atoms with Crippen molar-refractivity contribution in [3.05, 3.63) is 52.8 Å². The van der Waals surface area contributed by atoms with Gasteiger partial charge in [0.05, 0.1) is 4.92 Å². The second-order valence-corrected chi connectivity index (χ2v) is 2.90. The summed E-state index contributed by atoms with van der Waals surface area (Å²) in [6, 6.07) is 7.70. The molecule has 0 unspecified atom stereocenters. The molecular weight excluding hydrogens is 196 g/mol. The lowest BCUT2D eigenvalue weighted by Gasteiger charge is -2.01. The Bertz CT molecular complexity index is 448. The highest BCUT2D eigenvalue weighted by atomic mass is 16.6. The quantitative estimate of drug-likeness (QED) is 0.617. The molecule has 5 heteroatoms. The lowest BCUT2D eigenvalue weighted by molar-refractivity contribution is -0.384. The van der Waals surface area contributed by atoms with Gasteiger partial charge in [-0.25, -0.2) is 0 Å². The Hall–Kier alpha value is -2.30. The van der Waals surface area contributed by atoms with E-state index in [0.717, 1.165) is 0 Å². The molecule has 1 N–H and O–H groups in total. The summed E-state index contributed by atoms with van der Waals surface area (Å²) < 4.78 is 5.40. The van der Waals surface area contributed by atoms with Gasteiger partial charge in [-0.3, -0.25) is 10.1 Å². The van der Waals surface area contributed by atoms with Crippen molar-refractivity contribution in [2.24, 2.45) is 0 Å². The number of non-ortho nitro benzene ring substituents is 1. The molecule has 2 rings (SSSR count). The van der Waals surface area contributed by atoms with Crippen molar-refractivity contribution in [1.29, 1.82) is 0 Å². The van der Waals surface area contributed by atoms with Crippen LogP contribution in [0.3, 0.4) is 0 Å². The number of benzene rings is 1. The lowest BCUT2D eigenvalue weighted by atomic mass is 10.3. The van der Waals surface area contributed by atoms with Gasteiger partial charge in [0.25, 0.3) is 5.69 Å². The number of nitro benzene ring substituents is 1. The van der Waals surface area contributed by atoms with E-state index in [2.05, 4.69) is 4.98 Å². The molecule has 0 saturated heterocycles. The number of aromatic nitrogens is 1. The molecule has 0 radical (unpaired) electrons. The third-order valence-electron chi connectivity index (χ3n) is 1.85. The van der Waals surface area contributed by atoms with Gasteiger partial charge in [0, 0.05) is 24.5 Å². The van der Waals surface area contributed by atoms with Gasteiger partial charge in [-0.15, -0.1) is 0 Å². The summed E-state index contributed by atoms with van der Waals surface area (Å²) in [4.78, 5) is 12.8. The van der Waals surface area contributed by atoms with Crippen molar-refractivity contribution >= 4 is 5.69 Å². The third kappa shape index (κ3) is 2.14. The van der Waals surface area contributed by atoms with Gasteiger partial charge in [0.1, 0.15) is 11.5 Å². The molecule has 1 heterocycles. The Kier molecular flexibility index (Phi) is 2.37. The molecule has 0 aliphatic rings. The van der Waals surface area contributed by atoms with E-state index in [0.29, 0.717) is 11.5 Å². The van der Waals surface area contributed by atoms with E-state index < -0.39 is 4.92 Å². The highest BCUT2D eigenvalue weighted by molar-refractivity contribution is 5.38. The van der Waals surface area contributed by atoms with Crippen molar-refractivity contribution in [2.75, 3.05) is 0 Å². The van der Waals surface area contributed by atoms with Crippen LogP contribution in [0.5, 0.6) is 11.5 Å². The second-order valence-electron chi connectivity index (χ2n) is 2.90. The Morgan fingerprint density at radius 1 is 1.13 bits per heavy atom. The summed E-state index contributed by atoms with van der Waals surface area (Å²) in [5.74, 6) is 1.24. The molecule has 0 spiro atoms. The van der Waals surface area contributed by atoms with Gasteiger partial charge in [0.2, 0.25) is 0 Å². The molecule has 1 aromatic heterocycles. The van der Waals surface area contributed by atoms with Crippen LogP contribution in [0.4, 0.5) is 5.69 Å². The Labute approximate surface area is 85.5 Å². The van der Waals surface area contributed by atoms with E-state index in [1.165, 1.54) is 12.1 Å². The normalized spacial score (nSPS) is 9.87. The highest BCUT2D eigenvalue weighted by Crippen LogP contribution is 2.22. The van der Waals surface area contributed by atoms with Crippen LogP contribution in [0, 0.1) is 10.1 Å². The minimum Gasteiger partial charge on any atom is -0.456 e. The first-order chi connectivity index (χ1) is 7.25. The third-order valence-corrected chi connectivity index (χ3v) is 1.85. The van der Waals surface area contributed by atoms with Crippen LogP contribution in [-0.4, -0.2) is 9.91 Å². The number of nitrogens with one attached hydrogen (secondary N) is 1. The van der Waals surface area contributed by atoms with Crippen LogP contribution >= 0.6 is 0 Å². The van der Waals surface area contributed by atoms with E-state index >= 15 is 0 Å². The summed E-state index contributed by atoms with van der Waals surface area (Å²) >= 11 is 0. The fraction of sp³-hybridized carbons (Fsp3) is 0. The maximum atomic E-state index is 10.4. The maximum Gasteiger partial charge on any atom is 0.269 e. The van der Waals surface area contributed by atoms with Gasteiger partial charge in [-0.05, 0) is 18.2 Å². The zero-order chi connectivity index (χ0) is 10.7. The molecule has 0 amide bonds. The van der Waals surface area contributed by atoms with E-state index in [9.17, 15) is 10.1 Å². The molecule has 0 aliphatic carbocycles. The van der Waals surface area contributed by atoms with Gasteiger partial charge in [-0.2, -0.15) is 0 Å². The standard InChI is InChI=1S/C10H8N2O3/c13-12(14)8-1-3-9(4-2-8)15-10-5-6-11-7-10/h1-7,11H. The lowest BCUT2D eigenvalue weighted by Crippen LogP contribution is -1.87. The van der Waals surface area contributed by atoms with Crippen molar-refractivity contribution in [2.45, 2.75) is 0 Å². The molecular formula is C10H8N2O3. The average Bonchev–Trinajstić information content (AvgIpc) is 2.71. The number of H-pyrrole nitrogens is 1. The fourth-order valence-electron chi connectivity index (χ4n) is 1.14. The maximum absolute atomic E-state index is 10.4. The first-order valence-corrected chi connectivity index (χ1v) is 4.31. The van der Waals surface area contributed by atoms with E-state index in [4.69, 9.17) is 4.74 Å². The summed E-state index contributed by atoms with van der Waals surface area (Å²) in [5.41, 5.74) is 0.0522. The fourth-order valence-corrected chi connectivity index (χ4v) is 1.14. The molecule has 1 aromatic carbocycles. The van der Waals surface area contributed by atoms with Crippen LogP contribution in [0.15, 0.2) is 42.7 Å². The van der Waals surface area contributed by atoms with E-state index in [-0.39, 0.29) is 5.69 Å². The topological polar surface area (TPSA) is 68.2 Å². The molecule has 0 aliphatic heterocycles. The van der Waals surface area contributed by atoms with E-state index in [1.807, 2.05) is 0 Å². The van der Waals surface area contributed by atoms with Gasteiger partial charge < -0.3 is 9.72 Å². The Morgan fingerprint density at radius 2 is 1.87 bits per heavy atom. The number of nitrogens with zero attached hydrogens (tertiary/aromatic N) is 1. The molecule has 0 fully saturated rings. The molecule has 2 aromatic rings. The number of hydrogen-bond donors (Lipinski definition) is 1. The largest absolute Gasteiger partial charge is 0.456 e. The zero-order valence-corrected chi connectivity index (χ0v) is 7.71. The second kappa shape index (κ2) is 3.83. The monoisotopic (exact) mass is 204 g/mol. The average molecular weight is 204 g/mol. The Morgan fingerprint density at radius 3 is 2.40 bits per heavy atom. The molecule has 0 bridgehead atoms. The SMILES string of the molecule is O=[N+]([O-])c1ccc(Oc2cc[nH]c2)cc1. The minimum atomic E-state index is -0.444. The molecule has 0 atom stereocenters. The number of nitro groups is 1. The van der Waals surface area contributed by atoms with Crippen molar-refractivity contribution in [1.82, 2.24) is 4.98 Å². The van der Waals surface area contributed by atoms with Crippen LogP contribution in [-0.2, 0) is 0 Å². The molecule has 15 heavy (non-hydrogen) atoms. The van der Waals surface area contributed by atoms with Crippen LogP contribution in [0.25, 0.3) is 0 Å². The van der Waals surface area contributed by atoms with Crippen molar-refractivity contribution in [3.63, 3.8) is 0 Å². The number of ether oxygens (including phenoxy) is 1. The zero-order valence-electron chi connectivity index (χ0n) is 7.71. The Balaban J connectivity index is 2.14. The highest BCUT2D eigenvalue weighted by Gasteiger charge is 2.04. The summed E-state index contributed by atoms with van der Waals surface area (Å²) in [7, 11) is 0. The summed E-state index contributed by atoms with van der Waals surface area (Å²) in [6.07, 6.45) is 3.43. The predicted molar refractivity (Wildman–Crippen MR) is 54.0 cm³/mol.